The molecule has 1 rings (SSSR count). The topological polar surface area (TPSA) is 82.0 Å². The van der Waals surface area contributed by atoms with Gasteiger partial charge in [-0.1, -0.05) is 13.0 Å². The van der Waals surface area contributed by atoms with Crippen LogP contribution in [-0.4, -0.2) is 15.0 Å². The second-order valence-electron chi connectivity index (χ2n) is 3.64. The molecule has 0 saturated carbocycles. The van der Waals surface area contributed by atoms with Gasteiger partial charge in [0.15, 0.2) is 0 Å². The Bertz CT molecular complexity index is 552. The van der Waals surface area contributed by atoms with Gasteiger partial charge in [-0.3, -0.25) is 0 Å². The van der Waals surface area contributed by atoms with Gasteiger partial charge >= 0.3 is 0 Å². The molecule has 0 aliphatic rings. The number of benzene rings is 1. The molecule has 5 nitrogen and oxygen atoms in total. The van der Waals surface area contributed by atoms with E-state index in [0.717, 1.165) is 6.07 Å². The lowest BCUT2D eigenvalue weighted by atomic mass is 10.1. The van der Waals surface area contributed by atoms with E-state index in [1.807, 2.05) is 6.92 Å². The minimum Gasteiger partial charge on any atom is -0.207 e. The molecule has 0 spiro atoms. The Hall–Kier alpha value is -1.49. The van der Waals surface area contributed by atoms with Crippen molar-refractivity contribution in [3.8, 4) is 6.07 Å². The van der Waals surface area contributed by atoms with Crippen molar-refractivity contribution >= 4 is 10.2 Å². The van der Waals surface area contributed by atoms with E-state index in [-0.39, 0.29) is 17.7 Å². The molecule has 0 aliphatic carbocycles. The third-order valence-electron chi connectivity index (χ3n) is 2.18. The zero-order valence-electron chi connectivity index (χ0n) is 9.90. The van der Waals surface area contributed by atoms with Crippen LogP contribution in [0.1, 0.15) is 24.5 Å². The average molecular weight is 271 g/mol. The van der Waals surface area contributed by atoms with Crippen molar-refractivity contribution in [3.63, 3.8) is 0 Å². The Labute approximate surface area is 106 Å². The van der Waals surface area contributed by atoms with Crippen LogP contribution in [0.3, 0.4) is 0 Å². The van der Waals surface area contributed by atoms with Crippen LogP contribution in [0, 0.1) is 17.1 Å². The van der Waals surface area contributed by atoms with E-state index in [9.17, 15) is 12.8 Å². The highest BCUT2D eigenvalue weighted by atomic mass is 32.2. The number of nitriles is 1. The summed E-state index contributed by atoms with van der Waals surface area (Å²) in [6.45, 7) is 2.00. The van der Waals surface area contributed by atoms with Crippen LogP contribution in [0.2, 0.25) is 0 Å². The van der Waals surface area contributed by atoms with Gasteiger partial charge in [-0.05, 0) is 18.6 Å². The van der Waals surface area contributed by atoms with Gasteiger partial charge in [0.2, 0.25) is 0 Å². The van der Waals surface area contributed by atoms with Gasteiger partial charge in [0, 0.05) is 18.7 Å². The summed E-state index contributed by atoms with van der Waals surface area (Å²) in [4.78, 5) is 0. The Kier molecular flexibility index (Phi) is 5.22. The lowest BCUT2D eigenvalue weighted by Gasteiger charge is -2.08. The van der Waals surface area contributed by atoms with Gasteiger partial charge in [-0.25, -0.2) is 9.11 Å². The fourth-order valence-electron chi connectivity index (χ4n) is 1.22. The zero-order chi connectivity index (χ0) is 13.6. The molecule has 2 N–H and O–H groups in total. The molecule has 0 bridgehead atoms. The molecule has 0 aliphatic heterocycles. The molecule has 1 aromatic rings. The van der Waals surface area contributed by atoms with Crippen LogP contribution >= 0.6 is 0 Å². The largest absolute Gasteiger partial charge is 0.277 e. The van der Waals surface area contributed by atoms with E-state index in [1.54, 1.807) is 6.07 Å². The van der Waals surface area contributed by atoms with E-state index in [1.165, 1.54) is 12.1 Å². The van der Waals surface area contributed by atoms with Crippen LogP contribution in [0.5, 0.6) is 0 Å². The van der Waals surface area contributed by atoms with Gasteiger partial charge in [-0.15, -0.1) is 0 Å². The van der Waals surface area contributed by atoms with E-state index >= 15 is 0 Å². The van der Waals surface area contributed by atoms with Gasteiger partial charge in [-0.2, -0.15) is 18.4 Å². The molecular formula is C11H14FN3O2S. The van der Waals surface area contributed by atoms with Gasteiger partial charge in [0.05, 0.1) is 11.6 Å². The number of rotatable bonds is 6. The summed E-state index contributed by atoms with van der Waals surface area (Å²) in [5.74, 6) is -0.604. The normalized spacial score (nSPS) is 11.2. The summed E-state index contributed by atoms with van der Waals surface area (Å²) in [6.07, 6.45) is 0.673. The molecule has 0 atom stereocenters. The molecule has 0 unspecified atom stereocenters. The first-order chi connectivity index (χ1) is 8.48. The summed E-state index contributed by atoms with van der Waals surface area (Å²) in [5.41, 5.74) is 0.388. The predicted octanol–water partition coefficient (Wildman–Crippen LogP) is 1.03. The summed E-state index contributed by atoms with van der Waals surface area (Å²) < 4.78 is 40.8. The van der Waals surface area contributed by atoms with E-state index in [0.29, 0.717) is 13.0 Å². The molecule has 7 heteroatoms. The van der Waals surface area contributed by atoms with Crippen molar-refractivity contribution in [2.45, 2.75) is 19.9 Å². The number of nitrogens with one attached hydrogen (secondary N) is 2. The molecular weight excluding hydrogens is 257 g/mol. The minimum absolute atomic E-state index is 0.156. The van der Waals surface area contributed by atoms with Crippen molar-refractivity contribution in [3.05, 3.63) is 35.1 Å². The Balaban J connectivity index is 2.67. The number of hydrogen-bond acceptors (Lipinski definition) is 3. The highest BCUT2D eigenvalue weighted by molar-refractivity contribution is 7.87. The van der Waals surface area contributed by atoms with Crippen molar-refractivity contribution in [2.75, 3.05) is 6.54 Å². The second-order valence-corrected chi connectivity index (χ2v) is 5.22. The Morgan fingerprint density at radius 1 is 1.39 bits per heavy atom. The summed E-state index contributed by atoms with van der Waals surface area (Å²) >= 11 is 0. The summed E-state index contributed by atoms with van der Waals surface area (Å²) in [5, 5.41) is 8.57. The molecule has 0 heterocycles. The molecule has 0 fully saturated rings. The first-order valence-electron chi connectivity index (χ1n) is 5.41. The van der Waals surface area contributed by atoms with Crippen LogP contribution in [0.4, 0.5) is 4.39 Å². The maximum Gasteiger partial charge on any atom is 0.277 e. The second kappa shape index (κ2) is 6.44. The fraction of sp³-hybridized carbons (Fsp3) is 0.364. The smallest absolute Gasteiger partial charge is 0.207 e. The quantitative estimate of drug-likeness (QED) is 0.810. The minimum atomic E-state index is -3.61. The molecule has 98 valence electrons. The van der Waals surface area contributed by atoms with Crippen molar-refractivity contribution in [1.82, 2.24) is 9.44 Å². The van der Waals surface area contributed by atoms with E-state index in [2.05, 4.69) is 9.44 Å². The Morgan fingerprint density at radius 2 is 2.11 bits per heavy atom. The predicted molar refractivity (Wildman–Crippen MR) is 65.2 cm³/mol. The molecule has 0 aromatic heterocycles. The standard InChI is InChI=1S/C11H14FN3O2S/c1-2-5-14-18(16,17)15-8-10-4-3-9(7-13)6-11(10)12/h3-4,6,14-15H,2,5,8H2,1H3. The molecule has 0 saturated heterocycles. The van der Waals surface area contributed by atoms with Crippen molar-refractivity contribution in [2.24, 2.45) is 0 Å². The molecule has 18 heavy (non-hydrogen) atoms. The molecule has 0 radical (unpaired) electrons. The first kappa shape index (κ1) is 14.6. The highest BCUT2D eigenvalue weighted by Crippen LogP contribution is 2.09. The van der Waals surface area contributed by atoms with Crippen LogP contribution in [-0.2, 0) is 16.8 Å². The lowest BCUT2D eigenvalue weighted by Crippen LogP contribution is -2.36. The average Bonchev–Trinajstić information content (AvgIpc) is 2.35. The fourth-order valence-corrected chi connectivity index (χ4v) is 2.14. The molecule has 1 aromatic carbocycles. The highest BCUT2D eigenvalue weighted by Gasteiger charge is 2.10. The first-order valence-corrected chi connectivity index (χ1v) is 6.89. The van der Waals surface area contributed by atoms with Gasteiger partial charge in [0.25, 0.3) is 10.2 Å². The van der Waals surface area contributed by atoms with Crippen molar-refractivity contribution in [1.29, 1.82) is 5.26 Å². The maximum absolute atomic E-state index is 13.5. The molecule has 0 amide bonds. The van der Waals surface area contributed by atoms with Crippen molar-refractivity contribution < 1.29 is 12.8 Å². The maximum atomic E-state index is 13.5. The number of hydrogen-bond donors (Lipinski definition) is 2. The number of halogens is 1. The van der Waals surface area contributed by atoms with Crippen LogP contribution in [0.15, 0.2) is 18.2 Å². The van der Waals surface area contributed by atoms with E-state index in [4.69, 9.17) is 5.26 Å². The number of nitrogens with zero attached hydrogens (tertiary/aromatic N) is 1. The monoisotopic (exact) mass is 271 g/mol. The summed E-state index contributed by atoms with van der Waals surface area (Å²) in [7, 11) is -3.61. The SMILES string of the molecule is CCCNS(=O)(=O)NCc1ccc(C#N)cc1F. The third-order valence-corrected chi connectivity index (χ3v) is 3.29. The van der Waals surface area contributed by atoms with Crippen LogP contribution < -0.4 is 9.44 Å². The van der Waals surface area contributed by atoms with E-state index < -0.39 is 16.0 Å². The van der Waals surface area contributed by atoms with Gasteiger partial charge in [0.1, 0.15) is 5.82 Å². The van der Waals surface area contributed by atoms with Crippen LogP contribution in [0.25, 0.3) is 0 Å². The Morgan fingerprint density at radius 3 is 2.67 bits per heavy atom. The van der Waals surface area contributed by atoms with Gasteiger partial charge < -0.3 is 0 Å². The third kappa shape index (κ3) is 4.41. The lowest BCUT2D eigenvalue weighted by molar-refractivity contribution is 0.560. The summed E-state index contributed by atoms with van der Waals surface area (Å²) in [6, 6.07) is 5.70. The zero-order valence-corrected chi connectivity index (χ0v) is 10.7.